The van der Waals surface area contributed by atoms with Crippen LogP contribution in [-0.4, -0.2) is 9.55 Å². The lowest BCUT2D eigenvalue weighted by molar-refractivity contribution is -0.500. The molecule has 0 aliphatic heterocycles. The SMILES string of the molecule is Cc1cc[n+]2c(Nc3ccccn3)cc(=O)n(C)c2c1. The zero-order valence-electron chi connectivity index (χ0n) is 11.4. The number of anilines is 2. The van der Waals surface area contributed by atoms with Crippen molar-refractivity contribution < 1.29 is 4.40 Å². The second kappa shape index (κ2) is 4.77. The minimum Gasteiger partial charge on any atom is -0.257 e. The van der Waals surface area contributed by atoms with Gasteiger partial charge in [-0.1, -0.05) is 6.07 Å². The number of fused-ring (bicyclic) bond motifs is 1. The van der Waals surface area contributed by atoms with Crippen molar-refractivity contribution >= 4 is 17.3 Å². The van der Waals surface area contributed by atoms with Gasteiger partial charge in [0.1, 0.15) is 0 Å². The van der Waals surface area contributed by atoms with Crippen molar-refractivity contribution in [2.75, 3.05) is 5.32 Å². The maximum atomic E-state index is 12.0. The third kappa shape index (κ3) is 2.14. The molecule has 0 unspecified atom stereocenters. The Balaban J connectivity index is 2.21. The molecule has 3 heterocycles. The average molecular weight is 267 g/mol. The molecule has 100 valence electrons. The molecule has 0 atom stereocenters. The fraction of sp³-hybridized carbons (Fsp3) is 0.133. The van der Waals surface area contributed by atoms with E-state index in [4.69, 9.17) is 0 Å². The summed E-state index contributed by atoms with van der Waals surface area (Å²) in [6, 6.07) is 11.2. The monoisotopic (exact) mass is 267 g/mol. The number of aryl methyl sites for hydroxylation is 2. The van der Waals surface area contributed by atoms with Gasteiger partial charge >= 0.3 is 5.56 Å². The minimum atomic E-state index is -0.0611. The van der Waals surface area contributed by atoms with Crippen LogP contribution in [0.4, 0.5) is 11.6 Å². The quantitative estimate of drug-likeness (QED) is 0.717. The van der Waals surface area contributed by atoms with Gasteiger partial charge in [0, 0.05) is 12.3 Å². The topological polar surface area (TPSA) is 51.0 Å². The van der Waals surface area contributed by atoms with E-state index in [1.165, 1.54) is 0 Å². The van der Waals surface area contributed by atoms with Crippen LogP contribution in [-0.2, 0) is 7.05 Å². The first-order valence-electron chi connectivity index (χ1n) is 6.35. The first kappa shape index (κ1) is 12.3. The summed E-state index contributed by atoms with van der Waals surface area (Å²) in [7, 11) is 1.77. The van der Waals surface area contributed by atoms with Crippen LogP contribution in [0.5, 0.6) is 0 Å². The molecular formula is C15H15N4O+. The normalized spacial score (nSPS) is 10.7. The molecule has 0 amide bonds. The number of hydrogen-bond donors (Lipinski definition) is 1. The molecule has 3 aromatic heterocycles. The maximum absolute atomic E-state index is 12.0. The summed E-state index contributed by atoms with van der Waals surface area (Å²) in [4.78, 5) is 16.3. The van der Waals surface area contributed by atoms with E-state index < -0.39 is 0 Å². The summed E-state index contributed by atoms with van der Waals surface area (Å²) < 4.78 is 3.56. The number of pyridine rings is 2. The van der Waals surface area contributed by atoms with Gasteiger partial charge in [-0.3, -0.25) is 10.1 Å². The van der Waals surface area contributed by atoms with Crippen molar-refractivity contribution in [1.29, 1.82) is 0 Å². The van der Waals surface area contributed by atoms with Crippen LogP contribution in [0.25, 0.3) is 5.65 Å². The van der Waals surface area contributed by atoms with Crippen molar-refractivity contribution in [2.24, 2.45) is 7.05 Å². The van der Waals surface area contributed by atoms with Gasteiger partial charge in [0.15, 0.2) is 5.82 Å². The van der Waals surface area contributed by atoms with E-state index >= 15 is 0 Å². The lowest BCUT2D eigenvalue weighted by Gasteiger charge is -2.07. The maximum Gasteiger partial charge on any atom is 0.313 e. The van der Waals surface area contributed by atoms with E-state index in [0.29, 0.717) is 11.6 Å². The highest BCUT2D eigenvalue weighted by atomic mass is 16.1. The van der Waals surface area contributed by atoms with Crippen LogP contribution in [0.3, 0.4) is 0 Å². The zero-order chi connectivity index (χ0) is 14.1. The molecule has 0 spiro atoms. The van der Waals surface area contributed by atoms with E-state index in [0.717, 1.165) is 11.2 Å². The number of nitrogens with one attached hydrogen (secondary N) is 1. The minimum absolute atomic E-state index is 0.0611. The Labute approximate surface area is 116 Å². The first-order chi connectivity index (χ1) is 9.65. The molecule has 3 rings (SSSR count). The molecule has 0 saturated heterocycles. The van der Waals surface area contributed by atoms with Crippen LogP contribution in [0.1, 0.15) is 5.56 Å². The van der Waals surface area contributed by atoms with E-state index in [1.807, 2.05) is 47.9 Å². The predicted octanol–water partition coefficient (Wildman–Crippen LogP) is 1.57. The molecule has 1 N–H and O–H groups in total. The van der Waals surface area contributed by atoms with Crippen molar-refractivity contribution in [3.63, 3.8) is 0 Å². The molecule has 0 bridgehead atoms. The van der Waals surface area contributed by atoms with Crippen molar-refractivity contribution in [3.8, 4) is 0 Å². The number of nitrogens with zero attached hydrogens (tertiary/aromatic N) is 3. The summed E-state index contributed by atoms with van der Waals surface area (Å²) in [5.41, 5.74) is 1.87. The Morgan fingerprint density at radius 2 is 2.10 bits per heavy atom. The first-order valence-corrected chi connectivity index (χ1v) is 6.35. The van der Waals surface area contributed by atoms with Gasteiger partial charge in [0.05, 0.1) is 19.3 Å². The van der Waals surface area contributed by atoms with E-state index in [1.54, 1.807) is 23.9 Å². The molecule has 3 aromatic rings. The molecular weight excluding hydrogens is 252 g/mol. The predicted molar refractivity (Wildman–Crippen MR) is 77.1 cm³/mol. The molecule has 20 heavy (non-hydrogen) atoms. The number of rotatable bonds is 2. The van der Waals surface area contributed by atoms with Gasteiger partial charge in [-0.15, -0.1) is 0 Å². The van der Waals surface area contributed by atoms with E-state index in [9.17, 15) is 4.79 Å². The highest BCUT2D eigenvalue weighted by molar-refractivity contribution is 5.50. The Kier molecular flexibility index (Phi) is 2.95. The van der Waals surface area contributed by atoms with E-state index in [-0.39, 0.29) is 5.56 Å². The van der Waals surface area contributed by atoms with Crippen LogP contribution in [0.15, 0.2) is 53.6 Å². The lowest BCUT2D eigenvalue weighted by Crippen LogP contribution is -2.34. The van der Waals surface area contributed by atoms with Crippen LogP contribution < -0.4 is 15.3 Å². The van der Waals surface area contributed by atoms with Crippen molar-refractivity contribution in [2.45, 2.75) is 6.92 Å². The van der Waals surface area contributed by atoms with Crippen molar-refractivity contribution in [1.82, 2.24) is 9.55 Å². The summed E-state index contributed by atoms with van der Waals surface area (Å²) in [5.74, 6) is 1.40. The van der Waals surface area contributed by atoms with Gasteiger partial charge in [-0.2, -0.15) is 0 Å². The smallest absolute Gasteiger partial charge is 0.257 e. The molecule has 5 nitrogen and oxygen atoms in total. The molecule has 0 radical (unpaired) electrons. The Bertz CT molecular complexity index is 824. The van der Waals surface area contributed by atoms with Gasteiger partial charge < -0.3 is 0 Å². The summed E-state index contributed by atoms with van der Waals surface area (Å²) >= 11 is 0. The van der Waals surface area contributed by atoms with Crippen LogP contribution in [0.2, 0.25) is 0 Å². The zero-order valence-corrected chi connectivity index (χ0v) is 11.4. The van der Waals surface area contributed by atoms with Gasteiger partial charge in [-0.25, -0.2) is 14.0 Å². The Hall–Kier alpha value is -2.69. The van der Waals surface area contributed by atoms with E-state index in [2.05, 4.69) is 10.3 Å². The Morgan fingerprint density at radius 3 is 2.85 bits per heavy atom. The molecule has 0 aliphatic carbocycles. The highest BCUT2D eigenvalue weighted by Gasteiger charge is 2.13. The van der Waals surface area contributed by atoms with Gasteiger partial charge in [0.25, 0.3) is 0 Å². The molecule has 5 heteroatoms. The fourth-order valence-corrected chi connectivity index (χ4v) is 2.11. The molecule has 0 fully saturated rings. The summed E-state index contributed by atoms with van der Waals surface area (Å²) in [6.45, 7) is 2.00. The van der Waals surface area contributed by atoms with Crippen molar-refractivity contribution in [3.05, 3.63) is 64.7 Å². The van der Waals surface area contributed by atoms with Gasteiger partial charge in [0.2, 0.25) is 11.5 Å². The Morgan fingerprint density at radius 1 is 1.25 bits per heavy atom. The number of hydrogen-bond acceptors (Lipinski definition) is 3. The van der Waals surface area contributed by atoms with Crippen LogP contribution >= 0.6 is 0 Å². The molecule has 0 aliphatic rings. The van der Waals surface area contributed by atoms with Gasteiger partial charge in [-0.05, 0) is 30.7 Å². The number of aromatic nitrogens is 3. The largest absolute Gasteiger partial charge is 0.313 e. The highest BCUT2D eigenvalue weighted by Crippen LogP contribution is 2.09. The second-order valence-corrected chi connectivity index (χ2v) is 4.70. The second-order valence-electron chi connectivity index (χ2n) is 4.70. The fourth-order valence-electron chi connectivity index (χ4n) is 2.11. The van der Waals surface area contributed by atoms with Crippen LogP contribution in [0, 0.1) is 6.92 Å². The molecule has 0 saturated carbocycles. The average Bonchev–Trinajstić information content (AvgIpc) is 2.45. The molecule has 0 aromatic carbocycles. The standard InChI is InChI=1S/C15H14N4O/c1-11-6-8-19-13(17-12-5-3-4-7-16-12)10-15(20)18(2)14(19)9-11/h3-10H,1-2H3/p+1. The summed E-state index contributed by atoms with van der Waals surface area (Å²) in [6.07, 6.45) is 3.65. The third-order valence-electron chi connectivity index (χ3n) is 3.21. The summed E-state index contributed by atoms with van der Waals surface area (Å²) in [5, 5.41) is 3.17. The lowest BCUT2D eigenvalue weighted by atomic mass is 10.3. The third-order valence-corrected chi connectivity index (χ3v) is 3.21.